The molecule has 20 heteroatoms. The summed E-state index contributed by atoms with van der Waals surface area (Å²) in [7, 11) is 1.31. The van der Waals surface area contributed by atoms with Crippen molar-refractivity contribution in [2.45, 2.75) is 11.3 Å². The van der Waals surface area contributed by atoms with Crippen LogP contribution in [0.15, 0.2) is 24.3 Å². The summed E-state index contributed by atoms with van der Waals surface area (Å²) < 4.78 is 4.46. The number of carbonyl (C=O) groups is 7. The molecule has 2 atom stereocenters. The number of rotatable bonds is 7. The van der Waals surface area contributed by atoms with E-state index in [9.17, 15) is 43.8 Å². The zero-order chi connectivity index (χ0) is 28.5. The van der Waals surface area contributed by atoms with Crippen molar-refractivity contribution in [1.29, 1.82) is 0 Å². The second kappa shape index (κ2) is 14.1. The number of esters is 1. The van der Waals surface area contributed by atoms with Crippen molar-refractivity contribution >= 4 is 71.5 Å². The first-order valence-electron chi connectivity index (χ1n) is 10.4. The van der Waals surface area contributed by atoms with E-state index in [-0.39, 0.29) is 35.3 Å². The number of phenolic OH excluding ortho intramolecular Hbond substituents is 1. The molecule has 0 spiro atoms. The van der Waals surface area contributed by atoms with Gasteiger partial charge in [0, 0.05) is 29.6 Å². The number of amides is 10. The number of aliphatic hydroxyl groups excluding tert-OH is 2. The Bertz CT molecular complexity index is 1080. The van der Waals surface area contributed by atoms with Crippen LogP contribution in [-0.2, 0) is 14.3 Å². The molecule has 0 aromatic heterocycles. The van der Waals surface area contributed by atoms with Crippen LogP contribution in [0.4, 0.5) is 19.2 Å². The van der Waals surface area contributed by atoms with Crippen LogP contribution in [0.1, 0.15) is 10.4 Å². The molecule has 1 aromatic rings. The van der Waals surface area contributed by atoms with Gasteiger partial charge >= 0.3 is 30.1 Å². The van der Waals surface area contributed by atoms with Crippen molar-refractivity contribution in [3.63, 3.8) is 0 Å². The van der Waals surface area contributed by atoms with Gasteiger partial charge in [0.05, 0.1) is 32.6 Å². The number of nitrogens with one attached hydrogen (secondary N) is 8. The molecule has 0 bridgehead atoms. The summed E-state index contributed by atoms with van der Waals surface area (Å²) in [4.78, 5) is 79.8. The Morgan fingerprint density at radius 3 is 1.54 bits per heavy atom. The van der Waals surface area contributed by atoms with E-state index < -0.39 is 73.1 Å². The van der Waals surface area contributed by atoms with E-state index in [0.717, 1.165) is 0 Å². The van der Waals surface area contributed by atoms with Gasteiger partial charge in [-0.2, -0.15) is 0 Å². The Morgan fingerprint density at radius 1 is 0.821 bits per heavy atom. The summed E-state index contributed by atoms with van der Waals surface area (Å²) in [6, 6.07) is 1.97. The Labute approximate surface area is 241 Å². The zero-order valence-electron chi connectivity index (χ0n) is 20.5. The van der Waals surface area contributed by atoms with Crippen LogP contribution in [0.2, 0.25) is 0 Å². The predicted octanol–water partition coefficient (Wildman–Crippen LogP) is -4.60. The number of aromatic hydroxyl groups is 1. The molecule has 1 aromatic carbocycles. The minimum absolute atomic E-state index is 0. The van der Waals surface area contributed by atoms with Gasteiger partial charge in [0.15, 0.2) is 0 Å². The predicted molar refractivity (Wildman–Crippen MR) is 126 cm³/mol. The van der Waals surface area contributed by atoms with Crippen molar-refractivity contribution in [1.82, 2.24) is 42.5 Å². The molecule has 10 amide bonds. The number of urea groups is 4. The molecule has 0 aliphatic carbocycles. The van der Waals surface area contributed by atoms with Gasteiger partial charge in [-0.15, -0.1) is 0 Å². The molecule has 1 radical (unpaired) electrons. The summed E-state index contributed by atoms with van der Waals surface area (Å²) in [5.74, 6) is -2.23. The normalized spacial score (nSPS) is 20.9. The van der Waals surface area contributed by atoms with E-state index in [0.29, 0.717) is 5.56 Å². The Kier molecular flexibility index (Phi) is 11.9. The topological polar surface area (TPSA) is 286 Å². The van der Waals surface area contributed by atoms with Crippen LogP contribution in [0.5, 0.6) is 5.75 Å². The van der Waals surface area contributed by atoms with Gasteiger partial charge in [0.2, 0.25) is 11.3 Å². The van der Waals surface area contributed by atoms with Crippen LogP contribution in [0, 0.1) is 0 Å². The molecule has 3 rings (SSSR count). The number of hydrogen-bond acceptors (Lipinski definition) is 11. The molecule has 19 nitrogen and oxygen atoms in total. The fraction of sp³-hybridized carbons (Fsp3) is 0.316. The Balaban J connectivity index is 0.000000532. The average Bonchev–Trinajstić information content (AvgIpc) is 3.32. The summed E-state index contributed by atoms with van der Waals surface area (Å²) in [6.07, 6.45) is 0. The summed E-state index contributed by atoms with van der Waals surface area (Å²) in [6.45, 7) is -2.38. The quantitative estimate of drug-likeness (QED) is 0.0649. The average molecular weight is 563 g/mol. The van der Waals surface area contributed by atoms with Crippen LogP contribution < -0.4 is 42.5 Å². The molecule has 0 saturated carbocycles. The van der Waals surface area contributed by atoms with Crippen LogP contribution in [0.25, 0.3) is 0 Å². The van der Waals surface area contributed by atoms with E-state index >= 15 is 0 Å². The third-order valence-electron chi connectivity index (χ3n) is 4.80. The van der Waals surface area contributed by atoms with Crippen molar-refractivity contribution in [3.05, 3.63) is 29.8 Å². The molecular formula is C19H24N8NaO11. The van der Waals surface area contributed by atoms with E-state index in [4.69, 9.17) is 5.11 Å². The minimum Gasteiger partial charge on any atom is -0.508 e. The summed E-state index contributed by atoms with van der Waals surface area (Å²) in [5.41, 5.74) is -3.68. The number of carbonyl (C=O) groups excluding carboxylic acids is 7. The van der Waals surface area contributed by atoms with Crippen molar-refractivity contribution in [2.75, 3.05) is 27.0 Å². The van der Waals surface area contributed by atoms with E-state index in [2.05, 4.69) is 15.4 Å². The van der Waals surface area contributed by atoms with Crippen LogP contribution in [0.3, 0.4) is 0 Å². The first-order valence-corrected chi connectivity index (χ1v) is 10.4. The molecule has 39 heavy (non-hydrogen) atoms. The maximum absolute atomic E-state index is 11.8. The fourth-order valence-electron chi connectivity index (χ4n) is 2.86. The van der Waals surface area contributed by atoms with E-state index in [1.165, 1.54) is 31.4 Å². The van der Waals surface area contributed by atoms with Gasteiger partial charge < -0.3 is 52.0 Å². The maximum atomic E-state index is 11.8. The molecule has 2 unspecified atom stereocenters. The molecular weight excluding hydrogens is 539 g/mol. The third-order valence-corrected chi connectivity index (χ3v) is 4.80. The number of aliphatic hydroxyl groups is 2. The van der Waals surface area contributed by atoms with Gasteiger partial charge in [0.1, 0.15) is 5.75 Å². The number of phenols is 1. The minimum atomic E-state index is -2.06. The SMILES string of the molecule is COC(=O)c1ccc(O)cc1.O=C(NCNC(=O)NC1(CO)NC(=O)NC1=O)NC1(CO)NC(=O)NC1=O.[Na]. The molecule has 2 fully saturated rings. The fourth-order valence-corrected chi connectivity index (χ4v) is 2.86. The second-order valence-electron chi connectivity index (χ2n) is 7.42. The molecule has 2 heterocycles. The Hall–Kier alpha value is -4.17. The van der Waals surface area contributed by atoms with Gasteiger partial charge in [-0.3, -0.25) is 20.2 Å². The third kappa shape index (κ3) is 8.41. The molecule has 2 aliphatic heterocycles. The van der Waals surface area contributed by atoms with Crippen LogP contribution in [-0.4, -0.2) is 125 Å². The maximum Gasteiger partial charge on any atom is 0.337 e. The van der Waals surface area contributed by atoms with Gasteiger partial charge in [-0.1, -0.05) is 0 Å². The van der Waals surface area contributed by atoms with Gasteiger partial charge in [-0.25, -0.2) is 24.0 Å². The largest absolute Gasteiger partial charge is 0.508 e. The Morgan fingerprint density at radius 2 is 1.23 bits per heavy atom. The molecule has 2 saturated heterocycles. The number of imide groups is 2. The van der Waals surface area contributed by atoms with Crippen LogP contribution >= 0.6 is 0 Å². The summed E-state index contributed by atoms with van der Waals surface area (Å²) in [5, 5.41) is 43.3. The number of ether oxygens (including phenoxy) is 1. The number of hydrogen-bond donors (Lipinski definition) is 11. The van der Waals surface area contributed by atoms with E-state index in [1.54, 1.807) is 0 Å². The van der Waals surface area contributed by atoms with Crippen molar-refractivity contribution < 1.29 is 53.6 Å². The molecule has 207 valence electrons. The van der Waals surface area contributed by atoms with Crippen molar-refractivity contribution in [3.8, 4) is 5.75 Å². The number of benzene rings is 1. The monoisotopic (exact) mass is 563 g/mol. The second-order valence-corrected chi connectivity index (χ2v) is 7.42. The van der Waals surface area contributed by atoms with Crippen molar-refractivity contribution in [2.24, 2.45) is 0 Å². The first kappa shape index (κ1) is 32.9. The van der Waals surface area contributed by atoms with Gasteiger partial charge in [0.25, 0.3) is 11.8 Å². The number of methoxy groups -OCH3 is 1. The van der Waals surface area contributed by atoms with E-state index in [1.807, 2.05) is 31.9 Å². The molecule has 2 aliphatic rings. The van der Waals surface area contributed by atoms with Gasteiger partial charge in [-0.05, 0) is 24.3 Å². The summed E-state index contributed by atoms with van der Waals surface area (Å²) >= 11 is 0. The standard InChI is InChI=1S/C11H16N8O8.C8H8O3.Na/c20-1-10(4(22)14-8(26)18-10)16-6(24)12-3-13-7(25)17-11(2-21)5(23)15-9(27)19-11;1-11-8(10)6-2-4-7(9)5-3-6;/h20-21H,1-3H2,(H2,12,16,24)(H2,13,17,25)(H2,14,18,22,26)(H2,15,19,23,27);2-5,9H,1H3;. The zero-order valence-corrected chi connectivity index (χ0v) is 22.5. The smallest absolute Gasteiger partial charge is 0.337 e. The first-order chi connectivity index (χ1) is 17.9. The molecule has 11 N–H and O–H groups in total.